The Morgan fingerprint density at radius 3 is 2.76 bits per heavy atom. The minimum atomic E-state index is -0.450. The molecule has 21 heavy (non-hydrogen) atoms. The SMILES string of the molecule is Cc1cc(C)n(CCCNC(=O)c2ccc(F)cc2N)n1. The average Bonchev–Trinajstić information content (AvgIpc) is 2.73. The zero-order chi connectivity index (χ0) is 15.4. The lowest BCUT2D eigenvalue weighted by atomic mass is 10.1. The van der Waals surface area contributed by atoms with Gasteiger partial charge in [0.2, 0.25) is 0 Å². The molecule has 112 valence electrons. The highest BCUT2D eigenvalue weighted by molar-refractivity contribution is 5.99. The fraction of sp³-hybridized carbons (Fsp3) is 0.333. The Kier molecular flexibility index (Phi) is 4.57. The van der Waals surface area contributed by atoms with Crippen LogP contribution < -0.4 is 11.1 Å². The number of aryl methyl sites for hydroxylation is 3. The van der Waals surface area contributed by atoms with Gasteiger partial charge in [-0.3, -0.25) is 9.48 Å². The van der Waals surface area contributed by atoms with Crippen LogP contribution in [0, 0.1) is 19.7 Å². The Balaban J connectivity index is 1.83. The summed E-state index contributed by atoms with van der Waals surface area (Å²) in [5.41, 5.74) is 8.14. The molecule has 0 radical (unpaired) electrons. The number of nitrogen functional groups attached to an aromatic ring is 1. The Labute approximate surface area is 123 Å². The molecule has 0 spiro atoms. The maximum absolute atomic E-state index is 12.9. The van der Waals surface area contributed by atoms with Gasteiger partial charge in [0.15, 0.2) is 0 Å². The number of benzene rings is 1. The van der Waals surface area contributed by atoms with Crippen molar-refractivity contribution in [2.75, 3.05) is 12.3 Å². The number of rotatable bonds is 5. The molecule has 0 aliphatic carbocycles. The maximum Gasteiger partial charge on any atom is 0.253 e. The summed E-state index contributed by atoms with van der Waals surface area (Å²) in [4.78, 5) is 11.9. The number of carbonyl (C=O) groups is 1. The fourth-order valence-electron chi connectivity index (χ4n) is 2.17. The molecule has 0 unspecified atom stereocenters. The zero-order valence-corrected chi connectivity index (χ0v) is 12.2. The van der Waals surface area contributed by atoms with Crippen LogP contribution in [0.5, 0.6) is 0 Å². The van der Waals surface area contributed by atoms with Crippen LogP contribution in [0.15, 0.2) is 24.3 Å². The number of hydrogen-bond acceptors (Lipinski definition) is 3. The minimum absolute atomic E-state index is 0.144. The van der Waals surface area contributed by atoms with Crippen LogP contribution in [-0.4, -0.2) is 22.2 Å². The number of nitrogens with zero attached hydrogens (tertiary/aromatic N) is 2. The van der Waals surface area contributed by atoms with Crippen molar-refractivity contribution in [1.82, 2.24) is 15.1 Å². The molecule has 5 nitrogen and oxygen atoms in total. The van der Waals surface area contributed by atoms with Crippen LogP contribution in [0.3, 0.4) is 0 Å². The number of carbonyl (C=O) groups excluding carboxylic acids is 1. The highest BCUT2D eigenvalue weighted by Gasteiger charge is 2.09. The summed E-state index contributed by atoms with van der Waals surface area (Å²) in [6.45, 7) is 5.19. The Bertz CT molecular complexity index is 651. The molecule has 6 heteroatoms. The monoisotopic (exact) mass is 290 g/mol. The van der Waals surface area contributed by atoms with Gasteiger partial charge in [-0.05, 0) is 44.5 Å². The third-order valence-corrected chi connectivity index (χ3v) is 3.19. The second-order valence-electron chi connectivity index (χ2n) is 4.99. The summed E-state index contributed by atoms with van der Waals surface area (Å²) in [6, 6.07) is 5.77. The van der Waals surface area contributed by atoms with E-state index in [4.69, 9.17) is 5.73 Å². The van der Waals surface area contributed by atoms with E-state index >= 15 is 0 Å². The number of halogens is 1. The van der Waals surface area contributed by atoms with Crippen molar-refractivity contribution in [3.05, 3.63) is 47.0 Å². The standard InChI is InChI=1S/C15H19FN4O/c1-10-8-11(2)20(19-10)7-3-6-18-15(21)13-5-4-12(16)9-14(13)17/h4-5,8-9H,3,6-7,17H2,1-2H3,(H,18,21). The van der Waals surface area contributed by atoms with Gasteiger partial charge in [0.25, 0.3) is 5.91 Å². The lowest BCUT2D eigenvalue weighted by Crippen LogP contribution is -2.26. The summed E-state index contributed by atoms with van der Waals surface area (Å²) in [6.07, 6.45) is 0.759. The molecule has 0 atom stereocenters. The number of amides is 1. The lowest BCUT2D eigenvalue weighted by molar-refractivity contribution is 0.0953. The molecular weight excluding hydrogens is 271 g/mol. The molecule has 1 amide bonds. The van der Waals surface area contributed by atoms with E-state index in [1.165, 1.54) is 12.1 Å². The van der Waals surface area contributed by atoms with Crippen LogP contribution in [0.25, 0.3) is 0 Å². The van der Waals surface area contributed by atoms with Crippen LogP contribution in [0.4, 0.5) is 10.1 Å². The van der Waals surface area contributed by atoms with Crippen LogP contribution in [0.1, 0.15) is 28.2 Å². The van der Waals surface area contributed by atoms with Crippen LogP contribution in [-0.2, 0) is 6.54 Å². The molecule has 1 aromatic heterocycles. The predicted octanol–water partition coefficient (Wildman–Crippen LogP) is 2.04. The van der Waals surface area contributed by atoms with Gasteiger partial charge >= 0.3 is 0 Å². The summed E-state index contributed by atoms with van der Waals surface area (Å²) in [5, 5.41) is 7.12. The number of hydrogen-bond donors (Lipinski definition) is 2. The van der Waals surface area contributed by atoms with Gasteiger partial charge in [-0.2, -0.15) is 5.10 Å². The van der Waals surface area contributed by atoms with E-state index in [2.05, 4.69) is 10.4 Å². The maximum atomic E-state index is 12.9. The van der Waals surface area contributed by atoms with E-state index in [1.54, 1.807) is 0 Å². The van der Waals surface area contributed by atoms with Crippen molar-refractivity contribution in [3.63, 3.8) is 0 Å². The van der Waals surface area contributed by atoms with Gasteiger partial charge < -0.3 is 11.1 Å². The van der Waals surface area contributed by atoms with E-state index in [1.807, 2.05) is 24.6 Å². The predicted molar refractivity (Wildman–Crippen MR) is 79.5 cm³/mol. The first-order valence-electron chi connectivity index (χ1n) is 6.81. The second-order valence-corrected chi connectivity index (χ2v) is 4.99. The van der Waals surface area contributed by atoms with Crippen molar-refractivity contribution in [2.24, 2.45) is 0 Å². The zero-order valence-electron chi connectivity index (χ0n) is 12.2. The van der Waals surface area contributed by atoms with Gasteiger partial charge in [-0.1, -0.05) is 0 Å². The summed E-state index contributed by atoms with van der Waals surface area (Å²) in [5.74, 6) is -0.741. The van der Waals surface area contributed by atoms with Gasteiger partial charge in [0.05, 0.1) is 11.3 Å². The van der Waals surface area contributed by atoms with Crippen LogP contribution in [0.2, 0.25) is 0 Å². The Hall–Kier alpha value is -2.37. The fourth-order valence-corrected chi connectivity index (χ4v) is 2.17. The molecule has 0 saturated carbocycles. The topological polar surface area (TPSA) is 72.9 Å². The van der Waals surface area contributed by atoms with E-state index in [0.29, 0.717) is 12.1 Å². The van der Waals surface area contributed by atoms with E-state index < -0.39 is 5.82 Å². The molecular formula is C15H19FN4O. The first kappa shape index (κ1) is 15.0. The largest absolute Gasteiger partial charge is 0.398 e. The Morgan fingerprint density at radius 2 is 2.14 bits per heavy atom. The van der Waals surface area contributed by atoms with Crippen LogP contribution >= 0.6 is 0 Å². The molecule has 1 heterocycles. The number of aromatic nitrogens is 2. The third-order valence-electron chi connectivity index (χ3n) is 3.19. The van der Waals surface area contributed by atoms with E-state index in [0.717, 1.165) is 30.4 Å². The van der Waals surface area contributed by atoms with Crippen molar-refractivity contribution in [3.8, 4) is 0 Å². The summed E-state index contributed by atoms with van der Waals surface area (Å²) >= 11 is 0. The second kappa shape index (κ2) is 6.39. The molecule has 0 bridgehead atoms. The smallest absolute Gasteiger partial charge is 0.253 e. The van der Waals surface area contributed by atoms with Crippen molar-refractivity contribution in [2.45, 2.75) is 26.8 Å². The van der Waals surface area contributed by atoms with E-state index in [-0.39, 0.29) is 11.6 Å². The Morgan fingerprint density at radius 1 is 1.38 bits per heavy atom. The summed E-state index contributed by atoms with van der Waals surface area (Å²) in [7, 11) is 0. The molecule has 0 aliphatic rings. The van der Waals surface area contributed by atoms with E-state index in [9.17, 15) is 9.18 Å². The molecule has 0 aliphatic heterocycles. The van der Waals surface area contributed by atoms with Crippen molar-refractivity contribution < 1.29 is 9.18 Å². The average molecular weight is 290 g/mol. The lowest BCUT2D eigenvalue weighted by Gasteiger charge is -2.08. The number of nitrogens with one attached hydrogen (secondary N) is 1. The molecule has 0 fully saturated rings. The van der Waals surface area contributed by atoms with Crippen molar-refractivity contribution in [1.29, 1.82) is 0 Å². The highest BCUT2D eigenvalue weighted by atomic mass is 19.1. The molecule has 2 rings (SSSR count). The normalized spacial score (nSPS) is 10.6. The third kappa shape index (κ3) is 3.81. The quantitative estimate of drug-likeness (QED) is 0.654. The molecule has 2 aromatic rings. The molecule has 3 N–H and O–H groups in total. The summed E-state index contributed by atoms with van der Waals surface area (Å²) < 4.78 is 14.8. The van der Waals surface area contributed by atoms with Crippen molar-refractivity contribution >= 4 is 11.6 Å². The van der Waals surface area contributed by atoms with Gasteiger partial charge in [0, 0.05) is 24.5 Å². The highest BCUT2D eigenvalue weighted by Crippen LogP contribution is 2.13. The van der Waals surface area contributed by atoms with Gasteiger partial charge in [-0.25, -0.2) is 4.39 Å². The van der Waals surface area contributed by atoms with Gasteiger partial charge in [-0.15, -0.1) is 0 Å². The molecule has 1 aromatic carbocycles. The first-order chi connectivity index (χ1) is 9.97. The minimum Gasteiger partial charge on any atom is -0.398 e. The number of nitrogens with two attached hydrogens (primary N) is 1. The van der Waals surface area contributed by atoms with Gasteiger partial charge in [0.1, 0.15) is 5.82 Å². The first-order valence-corrected chi connectivity index (χ1v) is 6.81. The molecule has 0 saturated heterocycles. The number of anilines is 1.